The molecule has 1 N–H and O–H groups in total. The minimum absolute atomic E-state index is 0.0643. The van der Waals surface area contributed by atoms with E-state index in [1.165, 1.54) is 0 Å². The van der Waals surface area contributed by atoms with Gasteiger partial charge in [0.2, 0.25) is 5.91 Å². The van der Waals surface area contributed by atoms with E-state index in [0.717, 1.165) is 24.9 Å². The van der Waals surface area contributed by atoms with Crippen LogP contribution in [0.4, 0.5) is 5.69 Å². The maximum absolute atomic E-state index is 11.9. The number of ether oxygens (including phenoxy) is 1. The molecule has 0 fully saturated rings. The summed E-state index contributed by atoms with van der Waals surface area (Å²) >= 11 is 0. The van der Waals surface area contributed by atoms with E-state index in [1.54, 1.807) is 17.0 Å². The minimum atomic E-state index is -0.331. The number of hydrogen-bond donors (Lipinski definition) is 1. The fraction of sp³-hybridized carbons (Fsp3) is 0.467. The predicted molar refractivity (Wildman–Crippen MR) is 76.8 cm³/mol. The second-order valence-corrected chi connectivity index (χ2v) is 4.85. The van der Waals surface area contributed by atoms with E-state index in [2.05, 4.69) is 12.2 Å². The summed E-state index contributed by atoms with van der Waals surface area (Å²) in [4.78, 5) is 25.2. The van der Waals surface area contributed by atoms with Crippen LogP contribution in [0.15, 0.2) is 24.3 Å². The van der Waals surface area contributed by atoms with Crippen molar-refractivity contribution in [3.05, 3.63) is 24.3 Å². The summed E-state index contributed by atoms with van der Waals surface area (Å²) in [7, 11) is 0. The first-order valence-corrected chi connectivity index (χ1v) is 7.02. The number of carbonyl (C=O) groups is 2. The highest BCUT2D eigenvalue weighted by molar-refractivity contribution is 5.89. The van der Waals surface area contributed by atoms with E-state index in [9.17, 15) is 9.59 Å². The molecule has 0 aromatic heterocycles. The summed E-state index contributed by atoms with van der Waals surface area (Å²) in [6.07, 6.45) is 3.22. The van der Waals surface area contributed by atoms with Gasteiger partial charge in [0.15, 0.2) is 5.75 Å². The first-order chi connectivity index (χ1) is 9.70. The smallest absolute Gasteiger partial charge is 0.331 e. The van der Waals surface area contributed by atoms with Gasteiger partial charge in [-0.2, -0.15) is 0 Å². The van der Waals surface area contributed by atoms with E-state index in [1.807, 2.05) is 12.1 Å². The molecule has 1 aliphatic heterocycles. The van der Waals surface area contributed by atoms with Crippen molar-refractivity contribution in [1.29, 1.82) is 0 Å². The Morgan fingerprint density at radius 3 is 2.95 bits per heavy atom. The van der Waals surface area contributed by atoms with Crippen molar-refractivity contribution in [1.82, 2.24) is 5.32 Å². The van der Waals surface area contributed by atoms with Gasteiger partial charge >= 0.3 is 5.97 Å². The van der Waals surface area contributed by atoms with E-state index >= 15 is 0 Å². The average molecular weight is 276 g/mol. The molecule has 1 heterocycles. The molecule has 0 saturated carbocycles. The largest absolute Gasteiger partial charge is 0.423 e. The number of unbranched alkanes of at least 4 members (excludes halogenated alkanes) is 2. The Hall–Kier alpha value is -2.04. The van der Waals surface area contributed by atoms with Crippen LogP contribution in [-0.4, -0.2) is 31.5 Å². The summed E-state index contributed by atoms with van der Waals surface area (Å²) in [6, 6.07) is 7.26. The van der Waals surface area contributed by atoms with E-state index in [-0.39, 0.29) is 25.0 Å². The number of benzene rings is 1. The van der Waals surface area contributed by atoms with Gasteiger partial charge < -0.3 is 15.0 Å². The van der Waals surface area contributed by atoms with Crippen LogP contribution in [0.2, 0.25) is 0 Å². The highest BCUT2D eigenvalue weighted by atomic mass is 16.5. The second-order valence-electron chi connectivity index (χ2n) is 4.85. The molecule has 1 amide bonds. The quantitative estimate of drug-likeness (QED) is 0.488. The Morgan fingerprint density at radius 1 is 1.35 bits per heavy atom. The van der Waals surface area contributed by atoms with Gasteiger partial charge in [0.25, 0.3) is 0 Å². The highest BCUT2D eigenvalue weighted by Gasteiger charge is 2.24. The Bertz CT molecular complexity index is 488. The number of nitrogens with zero attached hydrogens (tertiary/aromatic N) is 1. The molecular formula is C15H20N2O3. The molecule has 0 atom stereocenters. The lowest BCUT2D eigenvalue weighted by atomic mass is 10.2. The normalized spacial score (nSPS) is 13.7. The molecule has 0 saturated heterocycles. The van der Waals surface area contributed by atoms with Crippen LogP contribution in [0, 0.1) is 0 Å². The zero-order valence-electron chi connectivity index (χ0n) is 11.7. The third-order valence-electron chi connectivity index (χ3n) is 3.19. The van der Waals surface area contributed by atoms with Gasteiger partial charge in [-0.3, -0.25) is 4.79 Å². The zero-order valence-corrected chi connectivity index (χ0v) is 11.7. The van der Waals surface area contributed by atoms with Crippen molar-refractivity contribution in [3.63, 3.8) is 0 Å². The molecule has 5 heteroatoms. The van der Waals surface area contributed by atoms with Crippen LogP contribution in [0.5, 0.6) is 5.75 Å². The first kappa shape index (κ1) is 14.4. The number of carbonyl (C=O) groups excluding carboxylic acids is 2. The van der Waals surface area contributed by atoms with Gasteiger partial charge in [0, 0.05) is 6.54 Å². The van der Waals surface area contributed by atoms with E-state index in [4.69, 9.17) is 4.74 Å². The van der Waals surface area contributed by atoms with E-state index in [0.29, 0.717) is 12.3 Å². The molecule has 0 unspecified atom stereocenters. The summed E-state index contributed by atoms with van der Waals surface area (Å²) in [5, 5.41) is 2.88. The van der Waals surface area contributed by atoms with Crippen LogP contribution in [0.1, 0.15) is 26.2 Å². The molecule has 108 valence electrons. The van der Waals surface area contributed by atoms with Crippen molar-refractivity contribution in [2.75, 3.05) is 24.5 Å². The molecule has 20 heavy (non-hydrogen) atoms. The minimum Gasteiger partial charge on any atom is -0.423 e. The number of fused-ring (bicyclic) bond motifs is 1. The Kier molecular flexibility index (Phi) is 4.98. The number of hydrogen-bond acceptors (Lipinski definition) is 4. The summed E-state index contributed by atoms with van der Waals surface area (Å²) < 4.78 is 5.14. The van der Waals surface area contributed by atoms with Crippen LogP contribution in [0.25, 0.3) is 0 Å². The first-order valence-electron chi connectivity index (χ1n) is 7.02. The lowest BCUT2D eigenvalue weighted by Crippen LogP contribution is -2.43. The van der Waals surface area contributed by atoms with Crippen molar-refractivity contribution in [2.24, 2.45) is 0 Å². The van der Waals surface area contributed by atoms with Gasteiger partial charge in [0.1, 0.15) is 6.54 Å². The van der Waals surface area contributed by atoms with Gasteiger partial charge in [-0.1, -0.05) is 31.9 Å². The predicted octanol–water partition coefficient (Wildman–Crippen LogP) is 1.72. The topological polar surface area (TPSA) is 58.6 Å². The molecule has 0 radical (unpaired) electrons. The molecule has 0 aliphatic carbocycles. The molecule has 5 nitrogen and oxygen atoms in total. The average Bonchev–Trinajstić information content (AvgIpc) is 2.43. The van der Waals surface area contributed by atoms with E-state index < -0.39 is 0 Å². The zero-order chi connectivity index (χ0) is 14.4. The summed E-state index contributed by atoms with van der Waals surface area (Å²) in [6.45, 7) is 3.10. The maximum atomic E-state index is 11.9. The maximum Gasteiger partial charge on any atom is 0.331 e. The third kappa shape index (κ3) is 3.73. The number of para-hydroxylation sites is 2. The molecule has 1 aromatic rings. The summed E-state index contributed by atoms with van der Waals surface area (Å²) in [5.41, 5.74) is 0.788. The Morgan fingerprint density at radius 2 is 2.15 bits per heavy atom. The van der Waals surface area contributed by atoms with Crippen LogP contribution >= 0.6 is 0 Å². The van der Waals surface area contributed by atoms with Crippen molar-refractivity contribution in [2.45, 2.75) is 26.2 Å². The lowest BCUT2D eigenvalue weighted by Gasteiger charge is -2.29. The van der Waals surface area contributed by atoms with Crippen molar-refractivity contribution < 1.29 is 14.3 Å². The van der Waals surface area contributed by atoms with Crippen molar-refractivity contribution >= 4 is 17.6 Å². The monoisotopic (exact) mass is 276 g/mol. The SMILES string of the molecule is CCCCCNC(=O)CN1CC(=O)Oc2ccccc21. The molecule has 0 spiro atoms. The van der Waals surface area contributed by atoms with Gasteiger partial charge in [-0.05, 0) is 18.6 Å². The lowest BCUT2D eigenvalue weighted by molar-refractivity contribution is -0.133. The molecule has 1 aliphatic rings. The van der Waals surface area contributed by atoms with Crippen LogP contribution < -0.4 is 15.0 Å². The Labute approximate surface area is 118 Å². The molecular weight excluding hydrogens is 256 g/mol. The standard InChI is InChI=1S/C15H20N2O3/c1-2-3-6-9-16-14(18)10-17-11-15(19)20-13-8-5-4-7-12(13)17/h4-5,7-8H,2-3,6,9-11H2,1H3,(H,16,18). The number of amides is 1. The number of rotatable bonds is 6. The van der Waals surface area contributed by atoms with Gasteiger partial charge in [-0.25, -0.2) is 4.79 Å². The van der Waals surface area contributed by atoms with Crippen LogP contribution in [0.3, 0.4) is 0 Å². The molecule has 2 rings (SSSR count). The number of esters is 1. The summed E-state index contributed by atoms with van der Waals surface area (Å²) in [5.74, 6) is 0.121. The molecule has 0 bridgehead atoms. The Balaban J connectivity index is 1.92. The van der Waals surface area contributed by atoms with Gasteiger partial charge in [-0.15, -0.1) is 0 Å². The highest BCUT2D eigenvalue weighted by Crippen LogP contribution is 2.30. The number of anilines is 1. The number of nitrogens with one attached hydrogen (secondary N) is 1. The third-order valence-corrected chi connectivity index (χ3v) is 3.19. The van der Waals surface area contributed by atoms with Gasteiger partial charge in [0.05, 0.1) is 12.2 Å². The fourth-order valence-electron chi connectivity index (χ4n) is 2.17. The van der Waals surface area contributed by atoms with Crippen LogP contribution in [-0.2, 0) is 9.59 Å². The van der Waals surface area contributed by atoms with Crippen molar-refractivity contribution in [3.8, 4) is 5.75 Å². The fourth-order valence-corrected chi connectivity index (χ4v) is 2.17. The molecule has 1 aromatic carbocycles. The second kappa shape index (κ2) is 6.93.